The number of aliphatic hydroxyl groups excluding tert-OH is 1. The number of likely N-dealkylation sites (tertiary alicyclic amines) is 1. The van der Waals surface area contributed by atoms with Gasteiger partial charge in [-0.3, -0.25) is 4.90 Å². The van der Waals surface area contributed by atoms with Gasteiger partial charge in [-0.25, -0.2) is 4.39 Å². The van der Waals surface area contributed by atoms with Crippen molar-refractivity contribution in [2.45, 2.75) is 26.0 Å². The van der Waals surface area contributed by atoms with Crippen molar-refractivity contribution in [2.24, 2.45) is 5.92 Å². The fourth-order valence-electron chi connectivity index (χ4n) is 2.26. The molecule has 2 unspecified atom stereocenters. The van der Waals surface area contributed by atoms with Gasteiger partial charge in [0.25, 0.3) is 0 Å². The molecule has 0 spiro atoms. The Bertz CT molecular complexity index is 399. The van der Waals surface area contributed by atoms with E-state index in [4.69, 9.17) is 0 Å². The molecule has 0 aromatic heterocycles. The van der Waals surface area contributed by atoms with Gasteiger partial charge < -0.3 is 5.11 Å². The molecule has 1 heterocycles. The molecule has 0 bridgehead atoms. The van der Waals surface area contributed by atoms with E-state index in [1.165, 1.54) is 6.07 Å². The van der Waals surface area contributed by atoms with Crippen LogP contribution in [0.4, 0.5) is 4.39 Å². The number of hydrogen-bond donors (Lipinski definition) is 1. The minimum Gasteiger partial charge on any atom is -0.393 e. The molecule has 0 saturated carbocycles. The third kappa shape index (κ3) is 3.27. The minimum absolute atomic E-state index is 0.175. The SMILES string of the molecule is CC1CN(Cc2ccc(F)c(Br)c2)CCC1O. The first-order valence-corrected chi connectivity index (χ1v) is 6.70. The third-order valence-corrected chi connectivity index (χ3v) is 3.94. The molecule has 1 N–H and O–H groups in total. The average Bonchev–Trinajstić information content (AvgIpc) is 2.29. The second-order valence-electron chi connectivity index (χ2n) is 4.82. The highest BCUT2D eigenvalue weighted by molar-refractivity contribution is 9.10. The van der Waals surface area contributed by atoms with E-state index in [1.54, 1.807) is 0 Å². The maximum absolute atomic E-state index is 13.1. The number of aliphatic hydroxyl groups is 1. The predicted octanol–water partition coefficient (Wildman–Crippen LogP) is 2.79. The molecule has 1 aliphatic rings. The van der Waals surface area contributed by atoms with Gasteiger partial charge in [0.1, 0.15) is 5.82 Å². The minimum atomic E-state index is -0.226. The van der Waals surface area contributed by atoms with Gasteiger partial charge in [-0.05, 0) is 46.0 Å². The highest BCUT2D eigenvalue weighted by Crippen LogP contribution is 2.21. The molecule has 1 aliphatic heterocycles. The Hall–Kier alpha value is -0.450. The fourth-order valence-corrected chi connectivity index (χ4v) is 2.69. The van der Waals surface area contributed by atoms with Gasteiger partial charge in [0.05, 0.1) is 10.6 Å². The third-order valence-electron chi connectivity index (χ3n) is 3.33. The molecule has 2 nitrogen and oxygen atoms in total. The Morgan fingerprint density at radius 1 is 1.53 bits per heavy atom. The van der Waals surface area contributed by atoms with E-state index in [2.05, 4.69) is 27.8 Å². The molecule has 4 heteroatoms. The highest BCUT2D eigenvalue weighted by atomic mass is 79.9. The van der Waals surface area contributed by atoms with Gasteiger partial charge in [-0.1, -0.05) is 13.0 Å². The summed E-state index contributed by atoms with van der Waals surface area (Å²) in [5, 5.41) is 9.66. The van der Waals surface area contributed by atoms with E-state index in [0.29, 0.717) is 10.4 Å². The van der Waals surface area contributed by atoms with Crippen molar-refractivity contribution in [1.82, 2.24) is 4.90 Å². The fraction of sp³-hybridized carbons (Fsp3) is 0.538. The monoisotopic (exact) mass is 301 g/mol. The average molecular weight is 302 g/mol. The summed E-state index contributed by atoms with van der Waals surface area (Å²) in [4.78, 5) is 2.30. The Kier molecular flexibility index (Phi) is 4.17. The van der Waals surface area contributed by atoms with Crippen molar-refractivity contribution >= 4 is 15.9 Å². The lowest BCUT2D eigenvalue weighted by Gasteiger charge is -2.34. The Morgan fingerprint density at radius 3 is 2.94 bits per heavy atom. The molecule has 17 heavy (non-hydrogen) atoms. The van der Waals surface area contributed by atoms with E-state index >= 15 is 0 Å². The van der Waals surface area contributed by atoms with Crippen LogP contribution in [0, 0.1) is 11.7 Å². The number of hydrogen-bond acceptors (Lipinski definition) is 2. The molecular formula is C13H17BrFNO. The number of rotatable bonds is 2. The Morgan fingerprint density at radius 2 is 2.29 bits per heavy atom. The second kappa shape index (κ2) is 5.46. The summed E-state index contributed by atoms with van der Waals surface area (Å²) >= 11 is 3.20. The molecular weight excluding hydrogens is 285 g/mol. The number of nitrogens with zero attached hydrogens (tertiary/aromatic N) is 1. The molecule has 2 atom stereocenters. The standard InChI is InChI=1S/C13H17BrFNO/c1-9-7-16(5-4-13(9)17)8-10-2-3-12(15)11(14)6-10/h2-3,6,9,13,17H,4-5,7-8H2,1H3. The van der Waals surface area contributed by atoms with Gasteiger partial charge >= 0.3 is 0 Å². The summed E-state index contributed by atoms with van der Waals surface area (Å²) < 4.78 is 13.6. The lowest BCUT2D eigenvalue weighted by atomic mass is 9.96. The van der Waals surface area contributed by atoms with Crippen LogP contribution in [0.3, 0.4) is 0 Å². The first-order chi connectivity index (χ1) is 8.06. The first-order valence-electron chi connectivity index (χ1n) is 5.90. The van der Waals surface area contributed by atoms with Crippen molar-refractivity contribution in [2.75, 3.05) is 13.1 Å². The quantitative estimate of drug-likeness (QED) is 0.908. The van der Waals surface area contributed by atoms with Crippen molar-refractivity contribution in [1.29, 1.82) is 0 Å². The zero-order valence-electron chi connectivity index (χ0n) is 9.87. The highest BCUT2D eigenvalue weighted by Gasteiger charge is 2.23. The van der Waals surface area contributed by atoms with Crippen LogP contribution in [0.25, 0.3) is 0 Å². The zero-order chi connectivity index (χ0) is 12.4. The van der Waals surface area contributed by atoms with Crippen molar-refractivity contribution in [3.05, 3.63) is 34.1 Å². The zero-order valence-corrected chi connectivity index (χ0v) is 11.5. The van der Waals surface area contributed by atoms with Crippen LogP contribution in [0.2, 0.25) is 0 Å². The predicted molar refractivity (Wildman–Crippen MR) is 69.2 cm³/mol. The van der Waals surface area contributed by atoms with Gasteiger partial charge in [0, 0.05) is 19.6 Å². The van der Waals surface area contributed by atoms with Crippen LogP contribution in [-0.2, 0) is 6.54 Å². The molecule has 94 valence electrons. The topological polar surface area (TPSA) is 23.5 Å². The van der Waals surface area contributed by atoms with E-state index < -0.39 is 0 Å². The molecule has 0 aliphatic carbocycles. The normalized spacial score (nSPS) is 26.1. The summed E-state index contributed by atoms with van der Waals surface area (Å²) in [5.74, 6) is 0.0869. The van der Waals surface area contributed by atoms with Gasteiger partial charge in [0.2, 0.25) is 0 Å². The van der Waals surface area contributed by atoms with Crippen LogP contribution >= 0.6 is 15.9 Å². The van der Waals surface area contributed by atoms with Crippen LogP contribution in [0.5, 0.6) is 0 Å². The van der Waals surface area contributed by atoms with Crippen molar-refractivity contribution in [3.63, 3.8) is 0 Å². The van der Waals surface area contributed by atoms with Gasteiger partial charge in [-0.2, -0.15) is 0 Å². The van der Waals surface area contributed by atoms with E-state index in [9.17, 15) is 9.50 Å². The number of benzene rings is 1. The summed E-state index contributed by atoms with van der Waals surface area (Å²) in [6.45, 7) is 4.68. The Balaban J connectivity index is 1.99. The maximum atomic E-state index is 13.1. The number of piperidine rings is 1. The number of halogens is 2. The summed E-state index contributed by atoms with van der Waals surface area (Å²) in [5.41, 5.74) is 1.10. The van der Waals surface area contributed by atoms with Crippen LogP contribution in [0.15, 0.2) is 22.7 Å². The van der Waals surface area contributed by atoms with Crippen LogP contribution in [0.1, 0.15) is 18.9 Å². The molecule has 1 aromatic carbocycles. The molecule has 0 amide bonds. The van der Waals surface area contributed by atoms with Gasteiger partial charge in [-0.15, -0.1) is 0 Å². The molecule has 0 radical (unpaired) electrons. The molecule has 1 saturated heterocycles. The Labute approximate surface area is 110 Å². The largest absolute Gasteiger partial charge is 0.393 e. The summed E-state index contributed by atoms with van der Waals surface area (Å²) in [6.07, 6.45) is 0.648. The van der Waals surface area contributed by atoms with Crippen molar-refractivity contribution in [3.8, 4) is 0 Å². The maximum Gasteiger partial charge on any atom is 0.137 e. The lowest BCUT2D eigenvalue weighted by Crippen LogP contribution is -2.41. The lowest BCUT2D eigenvalue weighted by molar-refractivity contribution is 0.0320. The van der Waals surface area contributed by atoms with E-state index in [-0.39, 0.29) is 11.9 Å². The van der Waals surface area contributed by atoms with Gasteiger partial charge in [0.15, 0.2) is 0 Å². The van der Waals surface area contributed by atoms with E-state index in [1.807, 2.05) is 12.1 Å². The van der Waals surface area contributed by atoms with Crippen molar-refractivity contribution < 1.29 is 9.50 Å². The first kappa shape index (κ1) is 13.0. The van der Waals surface area contributed by atoms with Crippen LogP contribution < -0.4 is 0 Å². The van der Waals surface area contributed by atoms with E-state index in [0.717, 1.165) is 31.6 Å². The van der Waals surface area contributed by atoms with Crippen LogP contribution in [-0.4, -0.2) is 29.2 Å². The second-order valence-corrected chi connectivity index (χ2v) is 5.67. The smallest absolute Gasteiger partial charge is 0.137 e. The molecule has 1 aromatic rings. The summed E-state index contributed by atoms with van der Waals surface area (Å²) in [6, 6.07) is 5.13. The summed E-state index contributed by atoms with van der Waals surface area (Å²) in [7, 11) is 0. The molecule has 1 fully saturated rings. The molecule has 2 rings (SSSR count).